The van der Waals surface area contributed by atoms with E-state index in [1.165, 1.54) is 36.1 Å². The molecule has 0 aliphatic carbocycles. The number of piperidine rings is 1. The maximum absolute atomic E-state index is 3.83. The lowest BCUT2D eigenvalue weighted by atomic mass is 9.74. The van der Waals surface area contributed by atoms with Gasteiger partial charge in [-0.2, -0.15) is 0 Å². The van der Waals surface area contributed by atoms with Gasteiger partial charge in [0.1, 0.15) is 0 Å². The summed E-state index contributed by atoms with van der Waals surface area (Å²) in [7, 11) is 0. The van der Waals surface area contributed by atoms with Crippen LogP contribution in [0.3, 0.4) is 0 Å². The molecule has 2 aliphatic heterocycles. The second kappa shape index (κ2) is 4.02. The van der Waals surface area contributed by atoms with Gasteiger partial charge in [0.05, 0.1) is 0 Å². The quantitative estimate of drug-likeness (QED) is 0.716. The summed E-state index contributed by atoms with van der Waals surface area (Å²) in [6.45, 7) is 6.87. The van der Waals surface area contributed by atoms with E-state index in [-0.39, 0.29) is 0 Å². The molecule has 1 aromatic carbocycles. The molecule has 17 heavy (non-hydrogen) atoms. The fraction of sp³-hybridized carbons (Fsp3) is 0.600. The Morgan fingerprint density at radius 2 is 2.00 bits per heavy atom. The van der Waals surface area contributed by atoms with Crippen LogP contribution in [0.1, 0.15) is 43.2 Å². The molecule has 1 spiro atoms. The van der Waals surface area contributed by atoms with Crippen LogP contribution in [0.15, 0.2) is 18.2 Å². The molecule has 1 unspecified atom stereocenters. The fourth-order valence-corrected chi connectivity index (χ4v) is 3.47. The zero-order valence-electron chi connectivity index (χ0n) is 10.8. The summed E-state index contributed by atoms with van der Waals surface area (Å²) < 4.78 is 0. The molecule has 0 saturated carbocycles. The van der Waals surface area contributed by atoms with Crippen molar-refractivity contribution < 1.29 is 0 Å². The van der Waals surface area contributed by atoms with E-state index in [2.05, 4.69) is 42.7 Å². The van der Waals surface area contributed by atoms with E-state index in [0.717, 1.165) is 13.1 Å². The van der Waals surface area contributed by atoms with Crippen LogP contribution in [0, 0.1) is 6.92 Å². The Hall–Kier alpha value is -1.02. The summed E-state index contributed by atoms with van der Waals surface area (Å²) in [5.74, 6) is 0.684. The first kappa shape index (κ1) is 11.1. The normalized spacial score (nSPS) is 26.4. The van der Waals surface area contributed by atoms with Crippen LogP contribution in [-0.4, -0.2) is 18.6 Å². The molecule has 1 saturated heterocycles. The Morgan fingerprint density at radius 1 is 1.24 bits per heavy atom. The van der Waals surface area contributed by atoms with Crippen LogP contribution in [0.2, 0.25) is 0 Å². The fourth-order valence-electron chi connectivity index (χ4n) is 3.47. The second-order valence-electron chi connectivity index (χ2n) is 5.85. The number of hydrogen-bond acceptors (Lipinski definition) is 2. The lowest BCUT2D eigenvalue weighted by Gasteiger charge is -2.45. The van der Waals surface area contributed by atoms with E-state index in [4.69, 9.17) is 0 Å². The summed E-state index contributed by atoms with van der Waals surface area (Å²) in [6, 6.07) is 6.84. The van der Waals surface area contributed by atoms with Gasteiger partial charge in [-0.25, -0.2) is 0 Å². The van der Waals surface area contributed by atoms with Gasteiger partial charge < -0.3 is 10.6 Å². The Labute approximate surface area is 104 Å². The molecule has 2 heterocycles. The van der Waals surface area contributed by atoms with Gasteiger partial charge in [-0.15, -0.1) is 0 Å². The second-order valence-corrected chi connectivity index (χ2v) is 5.85. The number of benzene rings is 1. The van der Waals surface area contributed by atoms with Gasteiger partial charge in [0.2, 0.25) is 0 Å². The van der Waals surface area contributed by atoms with Crippen molar-refractivity contribution in [2.24, 2.45) is 0 Å². The largest absolute Gasteiger partial charge is 0.379 e. The van der Waals surface area contributed by atoms with Gasteiger partial charge in [0.25, 0.3) is 0 Å². The molecule has 0 bridgehead atoms. The van der Waals surface area contributed by atoms with Gasteiger partial charge in [0.15, 0.2) is 0 Å². The summed E-state index contributed by atoms with van der Waals surface area (Å²) in [5, 5.41) is 7.29. The Bertz CT molecular complexity index is 419. The molecule has 0 amide bonds. The van der Waals surface area contributed by atoms with Crippen LogP contribution in [0.25, 0.3) is 0 Å². The van der Waals surface area contributed by atoms with E-state index in [9.17, 15) is 0 Å². The van der Waals surface area contributed by atoms with Crippen molar-refractivity contribution in [1.82, 2.24) is 5.32 Å². The smallest absolute Gasteiger partial charge is 0.0403 e. The van der Waals surface area contributed by atoms with E-state index in [0.29, 0.717) is 11.5 Å². The number of rotatable bonds is 0. The molecule has 2 aliphatic rings. The Morgan fingerprint density at radius 3 is 2.76 bits per heavy atom. The van der Waals surface area contributed by atoms with Crippen molar-refractivity contribution in [3.05, 3.63) is 29.3 Å². The minimum absolute atomic E-state index is 0.354. The van der Waals surface area contributed by atoms with Crippen LogP contribution in [0.5, 0.6) is 0 Å². The molecule has 0 radical (unpaired) electrons. The van der Waals surface area contributed by atoms with Crippen molar-refractivity contribution >= 4 is 5.69 Å². The van der Waals surface area contributed by atoms with Crippen molar-refractivity contribution in [2.75, 3.05) is 18.4 Å². The molecule has 3 rings (SSSR count). The van der Waals surface area contributed by atoms with Crippen LogP contribution >= 0.6 is 0 Å². The van der Waals surface area contributed by atoms with Gasteiger partial charge in [-0.05, 0) is 56.8 Å². The highest BCUT2D eigenvalue weighted by Crippen LogP contribution is 2.42. The number of hydrogen-bond donors (Lipinski definition) is 2. The molecule has 2 N–H and O–H groups in total. The van der Waals surface area contributed by atoms with E-state index in [1.807, 2.05) is 0 Å². The number of aryl methyl sites for hydroxylation is 1. The van der Waals surface area contributed by atoms with E-state index >= 15 is 0 Å². The predicted molar refractivity (Wildman–Crippen MR) is 72.7 cm³/mol. The molecule has 2 nitrogen and oxygen atoms in total. The first-order chi connectivity index (χ1) is 8.19. The van der Waals surface area contributed by atoms with Crippen molar-refractivity contribution in [2.45, 2.75) is 44.6 Å². The molecule has 2 heteroatoms. The van der Waals surface area contributed by atoms with E-state index < -0.39 is 0 Å². The monoisotopic (exact) mass is 230 g/mol. The minimum atomic E-state index is 0.354. The van der Waals surface area contributed by atoms with Gasteiger partial charge >= 0.3 is 0 Å². The highest BCUT2D eigenvalue weighted by atomic mass is 15.0. The molecule has 1 fully saturated rings. The van der Waals surface area contributed by atoms with Crippen molar-refractivity contribution in [3.8, 4) is 0 Å². The zero-order chi connectivity index (χ0) is 11.9. The molecular weight excluding hydrogens is 208 g/mol. The molecular formula is C15H22N2. The van der Waals surface area contributed by atoms with Crippen LogP contribution in [0.4, 0.5) is 5.69 Å². The van der Waals surface area contributed by atoms with Crippen LogP contribution in [-0.2, 0) is 0 Å². The summed E-state index contributed by atoms with van der Waals surface area (Å²) in [6.07, 6.45) is 3.79. The van der Waals surface area contributed by atoms with Crippen LogP contribution < -0.4 is 10.6 Å². The van der Waals surface area contributed by atoms with Gasteiger partial charge in [-0.1, -0.05) is 24.6 Å². The number of anilines is 1. The standard InChI is InChI=1S/C15H22N2/c1-11-3-4-14-13(9-11)12(2)10-15(17-14)5-7-16-8-6-15/h3-4,9,12,16-17H,5-8,10H2,1-2H3. The third-order valence-electron chi connectivity index (χ3n) is 4.40. The third kappa shape index (κ3) is 1.95. The average molecular weight is 230 g/mol. The molecule has 0 aromatic heterocycles. The Kier molecular flexibility index (Phi) is 2.62. The highest BCUT2D eigenvalue weighted by Gasteiger charge is 2.37. The highest BCUT2D eigenvalue weighted by molar-refractivity contribution is 5.58. The maximum Gasteiger partial charge on any atom is 0.0403 e. The van der Waals surface area contributed by atoms with Crippen molar-refractivity contribution in [3.63, 3.8) is 0 Å². The first-order valence-electron chi connectivity index (χ1n) is 6.78. The third-order valence-corrected chi connectivity index (χ3v) is 4.40. The van der Waals surface area contributed by atoms with Gasteiger partial charge in [-0.3, -0.25) is 0 Å². The topological polar surface area (TPSA) is 24.1 Å². The molecule has 1 aromatic rings. The first-order valence-corrected chi connectivity index (χ1v) is 6.78. The minimum Gasteiger partial charge on any atom is -0.379 e. The number of nitrogens with one attached hydrogen (secondary N) is 2. The zero-order valence-corrected chi connectivity index (χ0v) is 10.8. The summed E-state index contributed by atoms with van der Waals surface area (Å²) in [5.41, 5.74) is 4.61. The molecule has 92 valence electrons. The van der Waals surface area contributed by atoms with Gasteiger partial charge in [0, 0.05) is 11.2 Å². The predicted octanol–water partition coefficient (Wildman–Crippen LogP) is 3.04. The maximum atomic E-state index is 3.83. The summed E-state index contributed by atoms with van der Waals surface area (Å²) in [4.78, 5) is 0. The van der Waals surface area contributed by atoms with Crippen molar-refractivity contribution in [1.29, 1.82) is 0 Å². The van der Waals surface area contributed by atoms with E-state index in [1.54, 1.807) is 0 Å². The summed E-state index contributed by atoms with van der Waals surface area (Å²) >= 11 is 0. The Balaban J connectivity index is 1.94. The number of fused-ring (bicyclic) bond motifs is 1. The lowest BCUT2D eigenvalue weighted by molar-refractivity contribution is 0.294. The SMILES string of the molecule is Cc1ccc2c(c1)C(C)CC1(CCNCC1)N2. The molecule has 1 atom stereocenters. The average Bonchev–Trinajstić information content (AvgIpc) is 2.31. The lowest BCUT2D eigenvalue weighted by Crippen LogP contribution is -2.50.